The van der Waals surface area contributed by atoms with Gasteiger partial charge in [-0.1, -0.05) is 19.9 Å². The highest BCUT2D eigenvalue weighted by molar-refractivity contribution is 5.77. The van der Waals surface area contributed by atoms with Gasteiger partial charge in [-0.05, 0) is 25.0 Å². The monoisotopic (exact) mass is 290 g/mol. The molecule has 1 aromatic heterocycles. The van der Waals surface area contributed by atoms with E-state index in [0.717, 1.165) is 38.3 Å². The fourth-order valence-electron chi connectivity index (χ4n) is 2.52. The van der Waals surface area contributed by atoms with Gasteiger partial charge in [0.05, 0.1) is 0 Å². The van der Waals surface area contributed by atoms with E-state index < -0.39 is 0 Å². The van der Waals surface area contributed by atoms with Gasteiger partial charge in [0.2, 0.25) is 5.91 Å². The van der Waals surface area contributed by atoms with Crippen molar-refractivity contribution < 1.29 is 4.79 Å². The maximum absolute atomic E-state index is 11.4. The molecule has 1 aliphatic rings. The quantitative estimate of drug-likeness (QED) is 0.778. The topological polar surface area (TPSA) is 57.3 Å². The molecule has 116 valence electrons. The van der Waals surface area contributed by atoms with Gasteiger partial charge in [-0.25, -0.2) is 4.98 Å². The minimum absolute atomic E-state index is 0.0617. The van der Waals surface area contributed by atoms with Crippen LogP contribution in [0.25, 0.3) is 0 Å². The number of amides is 1. The predicted molar refractivity (Wildman–Crippen MR) is 85.3 cm³/mol. The molecular formula is C16H26N4O. The summed E-state index contributed by atoms with van der Waals surface area (Å²) >= 11 is 0. The van der Waals surface area contributed by atoms with Crippen molar-refractivity contribution in [2.24, 2.45) is 5.92 Å². The molecule has 1 amide bonds. The van der Waals surface area contributed by atoms with Crippen LogP contribution in [0.3, 0.4) is 0 Å². The van der Waals surface area contributed by atoms with Gasteiger partial charge in [-0.15, -0.1) is 0 Å². The number of nitrogens with one attached hydrogen (secondary N) is 2. The van der Waals surface area contributed by atoms with Crippen LogP contribution in [0.2, 0.25) is 0 Å². The minimum atomic E-state index is 0.0617. The fraction of sp³-hybridized carbons (Fsp3) is 0.625. The molecule has 0 unspecified atom stereocenters. The summed E-state index contributed by atoms with van der Waals surface area (Å²) in [5, 5.41) is 6.46. The number of rotatable bonds is 6. The summed E-state index contributed by atoms with van der Waals surface area (Å²) in [5.74, 6) is 1.26. The number of pyridine rings is 1. The van der Waals surface area contributed by atoms with E-state index in [4.69, 9.17) is 0 Å². The van der Waals surface area contributed by atoms with Crippen LogP contribution < -0.4 is 15.5 Å². The van der Waals surface area contributed by atoms with Crippen LogP contribution in [-0.4, -0.2) is 43.1 Å². The average molecular weight is 290 g/mol. The fourth-order valence-corrected chi connectivity index (χ4v) is 2.52. The summed E-state index contributed by atoms with van der Waals surface area (Å²) in [5.41, 5.74) is 0. The first-order chi connectivity index (χ1) is 10.2. The largest absolute Gasteiger partial charge is 0.357 e. The van der Waals surface area contributed by atoms with E-state index in [9.17, 15) is 4.79 Å². The first-order valence-corrected chi connectivity index (χ1v) is 7.84. The number of hydrogen-bond donors (Lipinski definition) is 2. The highest BCUT2D eigenvalue weighted by atomic mass is 16.1. The highest BCUT2D eigenvalue weighted by Crippen LogP contribution is 2.16. The van der Waals surface area contributed by atoms with E-state index >= 15 is 0 Å². The van der Waals surface area contributed by atoms with Crippen molar-refractivity contribution in [1.29, 1.82) is 0 Å². The van der Waals surface area contributed by atoms with Crippen LogP contribution in [0.4, 0.5) is 5.82 Å². The van der Waals surface area contributed by atoms with Crippen LogP contribution >= 0.6 is 0 Å². The van der Waals surface area contributed by atoms with Gasteiger partial charge in [0.15, 0.2) is 0 Å². The Morgan fingerprint density at radius 2 is 2.10 bits per heavy atom. The van der Waals surface area contributed by atoms with Gasteiger partial charge in [-0.2, -0.15) is 0 Å². The smallest absolute Gasteiger partial charge is 0.222 e. The summed E-state index contributed by atoms with van der Waals surface area (Å²) in [6, 6.07) is 6.59. The number of nitrogens with zero attached hydrogens (tertiary/aromatic N) is 2. The molecule has 1 aliphatic heterocycles. The van der Waals surface area contributed by atoms with Crippen LogP contribution in [0, 0.1) is 5.92 Å². The predicted octanol–water partition coefficient (Wildman–Crippen LogP) is 1.41. The zero-order chi connectivity index (χ0) is 15.1. The molecular weight excluding hydrogens is 264 g/mol. The summed E-state index contributed by atoms with van der Waals surface area (Å²) in [6.07, 6.45) is 4.08. The summed E-state index contributed by atoms with van der Waals surface area (Å²) in [6.45, 7) is 7.44. The molecule has 1 fully saturated rings. The van der Waals surface area contributed by atoms with Crippen molar-refractivity contribution >= 4 is 11.7 Å². The van der Waals surface area contributed by atoms with E-state index in [2.05, 4.69) is 26.6 Å². The Kier molecular flexibility index (Phi) is 5.99. The molecule has 0 saturated carbocycles. The normalized spacial score (nSPS) is 16.2. The summed E-state index contributed by atoms with van der Waals surface area (Å²) in [7, 11) is 0. The number of piperidine rings is 1. The maximum Gasteiger partial charge on any atom is 0.222 e. The SMILES string of the molecule is CC(C)C(=O)NCCNC1CCN(c2ccccn2)CC1. The lowest BCUT2D eigenvalue weighted by atomic mass is 10.1. The third-order valence-electron chi connectivity index (χ3n) is 3.85. The second kappa shape index (κ2) is 7.98. The molecule has 0 radical (unpaired) electrons. The van der Waals surface area contributed by atoms with Crippen molar-refractivity contribution in [3.63, 3.8) is 0 Å². The van der Waals surface area contributed by atoms with Crippen molar-refractivity contribution in [3.05, 3.63) is 24.4 Å². The van der Waals surface area contributed by atoms with Crippen molar-refractivity contribution in [2.45, 2.75) is 32.7 Å². The van der Waals surface area contributed by atoms with Gasteiger partial charge in [0.25, 0.3) is 0 Å². The van der Waals surface area contributed by atoms with Crippen molar-refractivity contribution in [2.75, 3.05) is 31.1 Å². The molecule has 1 aromatic rings. The number of carbonyl (C=O) groups is 1. The van der Waals surface area contributed by atoms with E-state index in [1.54, 1.807) is 0 Å². The van der Waals surface area contributed by atoms with E-state index in [-0.39, 0.29) is 11.8 Å². The van der Waals surface area contributed by atoms with Crippen molar-refractivity contribution in [1.82, 2.24) is 15.6 Å². The van der Waals surface area contributed by atoms with E-state index in [1.807, 2.05) is 32.2 Å². The standard InChI is InChI=1S/C16H26N4O/c1-13(2)16(21)19-10-9-17-14-6-11-20(12-7-14)15-5-3-4-8-18-15/h3-5,8,13-14,17H,6-7,9-12H2,1-2H3,(H,19,21). The lowest BCUT2D eigenvalue weighted by molar-refractivity contribution is -0.123. The Hall–Kier alpha value is -1.62. The third-order valence-corrected chi connectivity index (χ3v) is 3.85. The molecule has 0 aromatic carbocycles. The molecule has 0 aliphatic carbocycles. The van der Waals surface area contributed by atoms with Crippen LogP contribution in [0.1, 0.15) is 26.7 Å². The zero-order valence-electron chi connectivity index (χ0n) is 13.0. The second-order valence-electron chi connectivity index (χ2n) is 5.85. The number of carbonyl (C=O) groups excluding carboxylic acids is 1. The van der Waals surface area contributed by atoms with Crippen LogP contribution in [-0.2, 0) is 4.79 Å². The summed E-state index contributed by atoms with van der Waals surface area (Å²) in [4.78, 5) is 18.2. The Balaban J connectivity index is 1.62. The Bertz CT molecular complexity index is 427. The number of hydrogen-bond acceptors (Lipinski definition) is 4. The van der Waals surface area contributed by atoms with E-state index in [1.165, 1.54) is 0 Å². The Morgan fingerprint density at radius 3 is 2.71 bits per heavy atom. The molecule has 5 nitrogen and oxygen atoms in total. The Labute approximate surface area is 127 Å². The molecule has 0 spiro atoms. The maximum atomic E-state index is 11.4. The van der Waals surface area contributed by atoms with Gasteiger partial charge in [-0.3, -0.25) is 4.79 Å². The zero-order valence-corrected chi connectivity index (χ0v) is 13.0. The van der Waals surface area contributed by atoms with Crippen LogP contribution in [0.5, 0.6) is 0 Å². The van der Waals surface area contributed by atoms with Gasteiger partial charge >= 0.3 is 0 Å². The third kappa shape index (κ3) is 5.01. The molecule has 2 heterocycles. The van der Waals surface area contributed by atoms with Gasteiger partial charge in [0, 0.05) is 44.3 Å². The lowest BCUT2D eigenvalue weighted by Crippen LogP contribution is -2.45. The molecule has 0 bridgehead atoms. The molecule has 0 atom stereocenters. The first-order valence-electron chi connectivity index (χ1n) is 7.84. The van der Waals surface area contributed by atoms with Gasteiger partial charge < -0.3 is 15.5 Å². The second-order valence-corrected chi connectivity index (χ2v) is 5.85. The molecule has 1 saturated heterocycles. The highest BCUT2D eigenvalue weighted by Gasteiger charge is 2.19. The average Bonchev–Trinajstić information content (AvgIpc) is 2.52. The lowest BCUT2D eigenvalue weighted by Gasteiger charge is -2.33. The first kappa shape index (κ1) is 15.8. The van der Waals surface area contributed by atoms with Crippen LogP contribution in [0.15, 0.2) is 24.4 Å². The molecule has 2 N–H and O–H groups in total. The minimum Gasteiger partial charge on any atom is -0.357 e. The number of aromatic nitrogens is 1. The molecule has 5 heteroatoms. The summed E-state index contributed by atoms with van der Waals surface area (Å²) < 4.78 is 0. The molecule has 21 heavy (non-hydrogen) atoms. The molecule has 2 rings (SSSR count). The van der Waals surface area contributed by atoms with Gasteiger partial charge in [0.1, 0.15) is 5.82 Å². The Morgan fingerprint density at radius 1 is 1.33 bits per heavy atom. The van der Waals surface area contributed by atoms with Crippen molar-refractivity contribution in [3.8, 4) is 0 Å². The van der Waals surface area contributed by atoms with E-state index in [0.29, 0.717) is 12.6 Å². The number of anilines is 1.